The van der Waals surface area contributed by atoms with Gasteiger partial charge in [-0.1, -0.05) is 80.7 Å². The number of rotatable bonds is 2. The third-order valence-corrected chi connectivity index (χ3v) is 24.4. The SMILES string of the molecule is C[Si](C)(C)[Si][Si](C)(C)C.[Cl][Zr+2][Cl].[c-]1cccc2c1Cc1ccccc1-2.c1ccc2[cH-]ccc2c1. The second-order valence-corrected chi connectivity index (χ2v) is 35.2. The second kappa shape index (κ2) is 14.2. The molecule has 2 radical (unpaired) electrons. The second-order valence-electron chi connectivity index (χ2n) is 10.2. The molecule has 0 fully saturated rings. The molecule has 0 atom stereocenters. The van der Waals surface area contributed by atoms with Gasteiger partial charge in [-0.2, -0.15) is 47.3 Å². The number of benzene rings is 3. The van der Waals surface area contributed by atoms with Crippen LogP contribution in [-0.2, 0) is 27.3 Å². The summed E-state index contributed by atoms with van der Waals surface area (Å²) >= 11 is -0.826. The fraction of sp³-hybridized carbons (Fsp3) is 0.250. The molecule has 0 unspecified atom stereocenters. The summed E-state index contributed by atoms with van der Waals surface area (Å²) in [5, 5.41) is 2.66. The Hall–Kier alpha value is -0.616. The van der Waals surface area contributed by atoms with Crippen molar-refractivity contribution >= 4 is 51.5 Å². The zero-order chi connectivity index (χ0) is 25.2. The Kier molecular flexibility index (Phi) is 12.4. The van der Waals surface area contributed by atoms with Crippen molar-refractivity contribution in [3.8, 4) is 11.1 Å². The summed E-state index contributed by atoms with van der Waals surface area (Å²) in [4.78, 5) is 0. The van der Waals surface area contributed by atoms with Gasteiger partial charge in [-0.15, -0.1) is 35.2 Å². The van der Waals surface area contributed by atoms with Gasteiger partial charge in [0.1, 0.15) is 0 Å². The van der Waals surface area contributed by atoms with E-state index in [4.69, 9.17) is 17.0 Å². The molecule has 5 rings (SSSR count). The van der Waals surface area contributed by atoms with Crippen LogP contribution in [0.15, 0.2) is 84.9 Å². The van der Waals surface area contributed by atoms with Gasteiger partial charge in [-0.25, -0.2) is 0 Å². The Morgan fingerprint density at radius 3 is 2.00 bits per heavy atom. The predicted molar refractivity (Wildman–Crippen MR) is 157 cm³/mol. The normalized spacial score (nSPS) is 11.4. The van der Waals surface area contributed by atoms with E-state index in [1.807, 2.05) is 6.07 Å². The molecule has 4 aromatic carbocycles. The third-order valence-electron chi connectivity index (χ3n) is 4.91. The van der Waals surface area contributed by atoms with E-state index >= 15 is 0 Å². The van der Waals surface area contributed by atoms with Gasteiger partial charge in [0, 0.05) is 23.7 Å². The van der Waals surface area contributed by atoms with Crippen LogP contribution in [-0.4, -0.2) is 23.7 Å². The summed E-state index contributed by atoms with van der Waals surface area (Å²) in [7, 11) is 9.79. The zero-order valence-corrected chi connectivity index (χ0v) is 28.0. The summed E-state index contributed by atoms with van der Waals surface area (Å²) in [6, 6.07) is 32.8. The fourth-order valence-corrected chi connectivity index (χ4v) is 33.4. The number of hydrogen-bond acceptors (Lipinski definition) is 0. The first kappa shape index (κ1) is 29.6. The standard InChI is InChI=1S/C13H9.C9H7.C6H18Si3.2ClH.Zr/c1-3-7-12-10(5-1)9-11-6-2-4-8-13(11)12;1-2-5-9-7-3-6-8(9)4-1;1-8(2,3)7-9(4,5)6;;;/h1-5,7-8H,9H2;1-7H;1-6H3;2*1H;/q2*-1;;;;+4/p-2. The van der Waals surface area contributed by atoms with Crippen molar-refractivity contribution < 1.29 is 20.8 Å². The molecule has 0 aromatic heterocycles. The molecule has 0 amide bonds. The van der Waals surface area contributed by atoms with Crippen LogP contribution >= 0.6 is 17.0 Å². The van der Waals surface area contributed by atoms with E-state index in [1.54, 1.807) is 0 Å². The topological polar surface area (TPSA) is 0 Å². The van der Waals surface area contributed by atoms with Gasteiger partial charge in [0.15, 0.2) is 0 Å². The van der Waals surface area contributed by atoms with Crippen LogP contribution in [0, 0.1) is 6.07 Å². The molecule has 0 saturated heterocycles. The van der Waals surface area contributed by atoms with E-state index in [0.717, 1.165) is 6.42 Å². The Balaban J connectivity index is 0.000000175. The molecule has 0 nitrogen and oxygen atoms in total. The van der Waals surface area contributed by atoms with Crippen molar-refractivity contribution in [3.63, 3.8) is 0 Å². The maximum absolute atomic E-state index is 4.93. The minimum atomic E-state index is -0.826. The largest absolute Gasteiger partial charge is 0.179 e. The van der Waals surface area contributed by atoms with Crippen LogP contribution in [0.1, 0.15) is 11.1 Å². The van der Waals surface area contributed by atoms with Crippen LogP contribution in [0.25, 0.3) is 21.9 Å². The minimum Gasteiger partial charge on any atom is -0.179 e. The third kappa shape index (κ3) is 10.6. The van der Waals surface area contributed by atoms with Crippen molar-refractivity contribution in [1.82, 2.24) is 0 Å². The molecule has 0 spiro atoms. The van der Waals surface area contributed by atoms with Crippen molar-refractivity contribution in [1.29, 1.82) is 0 Å². The van der Waals surface area contributed by atoms with E-state index in [1.165, 1.54) is 41.6 Å². The first-order valence-electron chi connectivity index (χ1n) is 11.5. The molecule has 1 aliphatic rings. The van der Waals surface area contributed by atoms with Crippen molar-refractivity contribution in [2.45, 2.75) is 45.7 Å². The first-order valence-corrected chi connectivity index (χ1v) is 27.8. The summed E-state index contributed by atoms with van der Waals surface area (Å²) < 4.78 is 0. The van der Waals surface area contributed by atoms with Crippen LogP contribution in [0.2, 0.25) is 39.3 Å². The average molecular weight is 617 g/mol. The maximum atomic E-state index is 4.93. The Morgan fingerprint density at radius 2 is 1.38 bits per heavy atom. The maximum Gasteiger partial charge on any atom is -0.0253 e. The molecule has 176 valence electrons. The molecule has 0 aliphatic heterocycles. The average Bonchev–Trinajstić information content (AvgIpc) is 3.37. The molecule has 0 saturated carbocycles. The van der Waals surface area contributed by atoms with Gasteiger partial charge < -0.3 is 0 Å². The smallest absolute Gasteiger partial charge is 0.0253 e. The number of hydrogen-bond donors (Lipinski definition) is 0. The molecular weight excluding hydrogens is 583 g/mol. The van der Waals surface area contributed by atoms with Gasteiger partial charge in [-0.3, -0.25) is 0 Å². The Bertz CT molecular complexity index is 1060. The molecule has 34 heavy (non-hydrogen) atoms. The first-order chi connectivity index (χ1) is 16.0. The number of fused-ring (bicyclic) bond motifs is 4. The van der Waals surface area contributed by atoms with E-state index in [2.05, 4.69) is 124 Å². The minimum absolute atomic E-state index is 0.703. The van der Waals surface area contributed by atoms with E-state index in [-0.39, 0.29) is 0 Å². The molecule has 0 heterocycles. The molecule has 4 aromatic rings. The Morgan fingerprint density at radius 1 is 0.794 bits per heavy atom. The monoisotopic (exact) mass is 614 g/mol. The van der Waals surface area contributed by atoms with E-state index in [0.29, 0.717) is 0 Å². The zero-order valence-electron chi connectivity index (χ0n) is 21.0. The molecular formula is C28H34Cl2Si3Zr. The van der Waals surface area contributed by atoms with Gasteiger partial charge >= 0.3 is 37.9 Å². The van der Waals surface area contributed by atoms with Gasteiger partial charge in [-0.05, 0) is 6.42 Å². The summed E-state index contributed by atoms with van der Waals surface area (Å²) in [6.45, 7) is 14.9. The van der Waals surface area contributed by atoms with Crippen LogP contribution < -0.4 is 0 Å². The van der Waals surface area contributed by atoms with Crippen LogP contribution in [0.3, 0.4) is 0 Å². The number of halogens is 2. The van der Waals surface area contributed by atoms with Crippen molar-refractivity contribution in [2.75, 3.05) is 0 Å². The molecule has 0 bridgehead atoms. The van der Waals surface area contributed by atoms with Crippen molar-refractivity contribution in [3.05, 3.63) is 102 Å². The van der Waals surface area contributed by atoms with Gasteiger partial charge in [0.2, 0.25) is 0 Å². The Labute approximate surface area is 229 Å². The van der Waals surface area contributed by atoms with Gasteiger partial charge in [0.25, 0.3) is 0 Å². The molecule has 6 heteroatoms. The van der Waals surface area contributed by atoms with E-state index in [9.17, 15) is 0 Å². The predicted octanol–water partition coefficient (Wildman–Crippen LogP) is 9.35. The molecule has 0 N–H and O–H groups in total. The van der Waals surface area contributed by atoms with E-state index < -0.39 is 36.0 Å². The van der Waals surface area contributed by atoms with Crippen molar-refractivity contribution in [2.24, 2.45) is 0 Å². The fourth-order valence-electron chi connectivity index (χ4n) is 4.19. The van der Waals surface area contributed by atoms with Crippen LogP contribution in [0.4, 0.5) is 0 Å². The summed E-state index contributed by atoms with van der Waals surface area (Å²) in [6.07, 6.45) is 1.05. The van der Waals surface area contributed by atoms with Gasteiger partial charge in [0.05, 0.1) is 0 Å². The van der Waals surface area contributed by atoms with Crippen LogP contribution in [0.5, 0.6) is 0 Å². The summed E-state index contributed by atoms with van der Waals surface area (Å²) in [5.74, 6) is 0. The molecule has 1 aliphatic carbocycles. The summed E-state index contributed by atoms with van der Waals surface area (Å²) in [5.41, 5.74) is 5.51. The quantitative estimate of drug-likeness (QED) is 0.137.